The van der Waals surface area contributed by atoms with Crippen LogP contribution in [0.15, 0.2) is 16.7 Å². The van der Waals surface area contributed by atoms with Crippen molar-refractivity contribution < 1.29 is 4.52 Å². The van der Waals surface area contributed by atoms with Crippen molar-refractivity contribution in [3.63, 3.8) is 0 Å². The van der Waals surface area contributed by atoms with Gasteiger partial charge in [-0.25, -0.2) is 9.97 Å². The first-order valence-corrected chi connectivity index (χ1v) is 7.25. The standard InChI is InChI=1S/C14H16ClN5O/c1-8-4-5-11-14(16-8)20(13(18-11)9(2)15)7-6-12-17-10(3)19-21-12/h4-5,9H,6-7H2,1-3H3. The zero-order valence-corrected chi connectivity index (χ0v) is 12.9. The second-order valence-corrected chi connectivity index (χ2v) is 5.67. The third-order valence-corrected chi connectivity index (χ3v) is 3.43. The molecule has 0 aliphatic heterocycles. The van der Waals surface area contributed by atoms with Gasteiger partial charge in [0.15, 0.2) is 11.5 Å². The van der Waals surface area contributed by atoms with Gasteiger partial charge in [-0.1, -0.05) is 5.16 Å². The summed E-state index contributed by atoms with van der Waals surface area (Å²) >= 11 is 6.24. The number of halogens is 1. The van der Waals surface area contributed by atoms with Crippen LogP contribution in [0.4, 0.5) is 0 Å². The summed E-state index contributed by atoms with van der Waals surface area (Å²) in [7, 11) is 0. The van der Waals surface area contributed by atoms with Crippen LogP contribution in [0.25, 0.3) is 11.2 Å². The van der Waals surface area contributed by atoms with E-state index in [9.17, 15) is 0 Å². The lowest BCUT2D eigenvalue weighted by molar-refractivity contribution is 0.368. The molecule has 0 amide bonds. The van der Waals surface area contributed by atoms with Crippen LogP contribution in [-0.2, 0) is 13.0 Å². The van der Waals surface area contributed by atoms with Crippen molar-refractivity contribution >= 4 is 22.8 Å². The lowest BCUT2D eigenvalue weighted by Gasteiger charge is -2.08. The van der Waals surface area contributed by atoms with Crippen molar-refractivity contribution in [2.75, 3.05) is 0 Å². The number of imidazole rings is 1. The number of hydrogen-bond acceptors (Lipinski definition) is 5. The molecular weight excluding hydrogens is 290 g/mol. The molecule has 1 unspecified atom stereocenters. The maximum atomic E-state index is 6.24. The van der Waals surface area contributed by atoms with Gasteiger partial charge in [-0.3, -0.25) is 0 Å². The van der Waals surface area contributed by atoms with Crippen molar-refractivity contribution in [1.29, 1.82) is 0 Å². The first-order valence-electron chi connectivity index (χ1n) is 6.81. The van der Waals surface area contributed by atoms with E-state index in [1.54, 1.807) is 6.92 Å². The summed E-state index contributed by atoms with van der Waals surface area (Å²) < 4.78 is 7.18. The highest BCUT2D eigenvalue weighted by Crippen LogP contribution is 2.24. The molecule has 0 fully saturated rings. The average Bonchev–Trinajstić information content (AvgIpc) is 3.00. The van der Waals surface area contributed by atoms with E-state index in [-0.39, 0.29) is 5.38 Å². The van der Waals surface area contributed by atoms with Gasteiger partial charge < -0.3 is 9.09 Å². The van der Waals surface area contributed by atoms with Crippen molar-refractivity contribution in [1.82, 2.24) is 24.7 Å². The number of rotatable bonds is 4. The molecule has 6 nitrogen and oxygen atoms in total. The predicted octanol–water partition coefficient (Wildman–Crippen LogP) is 2.97. The highest BCUT2D eigenvalue weighted by atomic mass is 35.5. The van der Waals surface area contributed by atoms with E-state index >= 15 is 0 Å². The Morgan fingerprint density at radius 1 is 1.24 bits per heavy atom. The Balaban J connectivity index is 1.98. The van der Waals surface area contributed by atoms with Gasteiger partial charge in [-0.2, -0.15) is 4.98 Å². The van der Waals surface area contributed by atoms with E-state index in [0.29, 0.717) is 24.7 Å². The minimum atomic E-state index is -0.191. The van der Waals surface area contributed by atoms with E-state index in [1.807, 2.05) is 30.5 Å². The smallest absolute Gasteiger partial charge is 0.228 e. The van der Waals surface area contributed by atoms with Crippen molar-refractivity contribution in [3.8, 4) is 0 Å². The number of pyridine rings is 1. The second-order valence-electron chi connectivity index (χ2n) is 5.02. The number of alkyl halides is 1. The van der Waals surface area contributed by atoms with Crippen molar-refractivity contribution in [3.05, 3.63) is 35.4 Å². The summed E-state index contributed by atoms with van der Waals surface area (Å²) in [5.41, 5.74) is 2.64. The van der Waals surface area contributed by atoms with Crippen LogP contribution in [0.1, 0.15) is 35.5 Å². The Kier molecular flexibility index (Phi) is 3.63. The number of aromatic nitrogens is 5. The monoisotopic (exact) mass is 305 g/mol. The topological polar surface area (TPSA) is 69.6 Å². The predicted molar refractivity (Wildman–Crippen MR) is 79.3 cm³/mol. The molecule has 21 heavy (non-hydrogen) atoms. The molecule has 0 N–H and O–H groups in total. The zero-order valence-electron chi connectivity index (χ0n) is 12.2. The molecule has 0 saturated heterocycles. The molecular formula is C14H16ClN5O. The summed E-state index contributed by atoms with van der Waals surface area (Å²) in [6.07, 6.45) is 0.624. The molecule has 0 saturated carbocycles. The maximum absolute atomic E-state index is 6.24. The third kappa shape index (κ3) is 2.76. The van der Waals surface area contributed by atoms with Gasteiger partial charge in [0.1, 0.15) is 11.3 Å². The van der Waals surface area contributed by atoms with Gasteiger partial charge in [0.05, 0.1) is 5.38 Å². The van der Waals surface area contributed by atoms with Crippen molar-refractivity contribution in [2.24, 2.45) is 0 Å². The summed E-state index contributed by atoms with van der Waals surface area (Å²) in [4.78, 5) is 13.4. The largest absolute Gasteiger partial charge is 0.339 e. The van der Waals surface area contributed by atoms with Crippen LogP contribution in [0, 0.1) is 13.8 Å². The van der Waals surface area contributed by atoms with Crippen LogP contribution in [0.2, 0.25) is 0 Å². The SMILES string of the molecule is Cc1ccc2nc(C(C)Cl)n(CCc3nc(C)no3)c2n1. The molecule has 0 radical (unpaired) electrons. The van der Waals surface area contributed by atoms with Gasteiger partial charge in [0, 0.05) is 18.7 Å². The third-order valence-electron chi connectivity index (χ3n) is 3.24. The minimum Gasteiger partial charge on any atom is -0.339 e. The van der Waals surface area contributed by atoms with Gasteiger partial charge in [-0.05, 0) is 32.9 Å². The lowest BCUT2D eigenvalue weighted by Crippen LogP contribution is -2.08. The molecule has 110 valence electrons. The molecule has 0 aliphatic carbocycles. The molecule has 0 spiro atoms. The summed E-state index contributed by atoms with van der Waals surface area (Å²) in [6.45, 7) is 6.32. The summed E-state index contributed by atoms with van der Waals surface area (Å²) in [5, 5.41) is 3.61. The van der Waals surface area contributed by atoms with Gasteiger partial charge in [0.2, 0.25) is 5.89 Å². The van der Waals surface area contributed by atoms with Crippen LogP contribution in [0.5, 0.6) is 0 Å². The zero-order chi connectivity index (χ0) is 15.0. The summed E-state index contributed by atoms with van der Waals surface area (Å²) in [6, 6.07) is 3.91. The molecule has 0 aliphatic rings. The fraction of sp³-hybridized carbons (Fsp3) is 0.429. The number of aryl methyl sites for hydroxylation is 4. The van der Waals surface area contributed by atoms with Gasteiger partial charge in [0.25, 0.3) is 0 Å². The maximum Gasteiger partial charge on any atom is 0.228 e. The first-order chi connectivity index (χ1) is 10.0. The molecule has 0 bridgehead atoms. The normalized spacial score (nSPS) is 13.0. The van der Waals surface area contributed by atoms with Gasteiger partial charge in [-0.15, -0.1) is 11.6 Å². The van der Waals surface area contributed by atoms with Gasteiger partial charge >= 0.3 is 0 Å². The quantitative estimate of drug-likeness (QED) is 0.693. The Morgan fingerprint density at radius 2 is 2.05 bits per heavy atom. The van der Waals surface area contributed by atoms with E-state index in [0.717, 1.165) is 22.7 Å². The Hall–Kier alpha value is -1.95. The second kappa shape index (κ2) is 5.44. The Bertz CT molecular complexity index is 777. The summed E-state index contributed by atoms with van der Waals surface area (Å²) in [5.74, 6) is 2.05. The molecule has 3 aromatic rings. The molecule has 1 atom stereocenters. The number of fused-ring (bicyclic) bond motifs is 1. The number of hydrogen-bond donors (Lipinski definition) is 0. The molecule has 3 aromatic heterocycles. The van der Waals surface area contributed by atoms with Crippen molar-refractivity contribution in [2.45, 2.75) is 39.1 Å². The average molecular weight is 306 g/mol. The Labute approximate surface area is 127 Å². The van der Waals surface area contributed by atoms with E-state index < -0.39 is 0 Å². The van der Waals surface area contributed by atoms with E-state index in [1.165, 1.54) is 0 Å². The van der Waals surface area contributed by atoms with Crippen LogP contribution >= 0.6 is 11.6 Å². The van der Waals surface area contributed by atoms with E-state index in [2.05, 4.69) is 20.1 Å². The molecule has 3 rings (SSSR count). The lowest BCUT2D eigenvalue weighted by atomic mass is 10.3. The highest BCUT2D eigenvalue weighted by Gasteiger charge is 2.16. The molecule has 7 heteroatoms. The number of nitrogens with zero attached hydrogens (tertiary/aromatic N) is 5. The first kappa shape index (κ1) is 14.0. The fourth-order valence-corrected chi connectivity index (χ4v) is 2.45. The van der Waals surface area contributed by atoms with Crippen LogP contribution < -0.4 is 0 Å². The molecule has 3 heterocycles. The molecule has 0 aromatic carbocycles. The van der Waals surface area contributed by atoms with Crippen LogP contribution in [0.3, 0.4) is 0 Å². The highest BCUT2D eigenvalue weighted by molar-refractivity contribution is 6.20. The van der Waals surface area contributed by atoms with E-state index in [4.69, 9.17) is 16.1 Å². The van der Waals surface area contributed by atoms with Crippen LogP contribution in [-0.4, -0.2) is 24.7 Å². The minimum absolute atomic E-state index is 0.191. The fourth-order valence-electron chi connectivity index (χ4n) is 2.29. The Morgan fingerprint density at radius 3 is 2.71 bits per heavy atom.